The van der Waals surface area contributed by atoms with Crippen molar-refractivity contribution in [1.29, 1.82) is 5.26 Å². The average Bonchev–Trinajstić information content (AvgIpc) is 2.84. The maximum Gasteiger partial charge on any atom is 0.146 e. The van der Waals surface area contributed by atoms with Gasteiger partial charge in [0.25, 0.3) is 0 Å². The van der Waals surface area contributed by atoms with Crippen LogP contribution in [0.15, 0.2) is 78.9 Å². The first kappa shape index (κ1) is 20.9. The van der Waals surface area contributed by atoms with E-state index in [4.69, 9.17) is 5.26 Å². The topological polar surface area (TPSA) is 23.8 Å². The van der Waals surface area contributed by atoms with E-state index >= 15 is 0 Å². The molecule has 0 saturated heterocycles. The van der Waals surface area contributed by atoms with E-state index in [0.29, 0.717) is 16.5 Å². The molecule has 0 aliphatic carbocycles. The molecule has 0 heterocycles. The monoisotopic (exact) mass is 413 g/mol. The molecule has 0 spiro atoms. The third-order valence-electron chi connectivity index (χ3n) is 5.15. The maximum atomic E-state index is 15.0. The van der Waals surface area contributed by atoms with E-state index in [1.54, 1.807) is 36.4 Å². The largest absolute Gasteiger partial charge is 0.205 e. The predicted octanol–water partition coefficient (Wildman–Crippen LogP) is 6.60. The Labute approximate surface area is 188 Å². The minimum atomic E-state index is -0.338. The predicted molar refractivity (Wildman–Crippen MR) is 127 cm³/mol. The number of rotatable bonds is 2. The lowest BCUT2D eigenvalue weighted by Crippen LogP contribution is -1.88. The number of hydrogen-bond donors (Lipinski definition) is 0. The zero-order valence-electron chi connectivity index (χ0n) is 17.7. The molecule has 152 valence electrons. The fourth-order valence-corrected chi connectivity index (χ4v) is 3.42. The molecule has 2 heteroatoms. The number of benzene rings is 4. The van der Waals surface area contributed by atoms with Crippen molar-refractivity contribution >= 4 is 10.8 Å². The molecule has 0 unspecified atom stereocenters. The molecule has 0 atom stereocenters. The van der Waals surface area contributed by atoms with Crippen LogP contribution in [0.1, 0.15) is 46.7 Å². The Bertz CT molecular complexity index is 1430. The highest BCUT2D eigenvalue weighted by Gasteiger charge is 2.06. The summed E-state index contributed by atoms with van der Waals surface area (Å²) in [7, 11) is 0. The van der Waals surface area contributed by atoms with Crippen LogP contribution in [0, 0.1) is 40.8 Å². The van der Waals surface area contributed by atoms with Crippen LogP contribution in [0.4, 0.5) is 4.39 Å². The lowest BCUT2D eigenvalue weighted by molar-refractivity contribution is 0.636. The van der Waals surface area contributed by atoms with Gasteiger partial charge >= 0.3 is 0 Å². The number of hydrogen-bond acceptors (Lipinski definition) is 1. The molecule has 0 bridgehead atoms. The molecule has 4 aromatic rings. The third-order valence-corrected chi connectivity index (χ3v) is 5.15. The molecule has 4 rings (SSSR count). The highest BCUT2D eigenvalue weighted by atomic mass is 19.1. The second-order valence-corrected chi connectivity index (χ2v) is 7.50. The molecule has 0 aliphatic rings. The van der Waals surface area contributed by atoms with Crippen molar-refractivity contribution in [3.8, 4) is 29.8 Å². The van der Waals surface area contributed by atoms with Gasteiger partial charge in [0, 0.05) is 22.1 Å². The molecule has 0 saturated carbocycles. The lowest BCUT2D eigenvalue weighted by atomic mass is 10.0. The van der Waals surface area contributed by atoms with E-state index in [1.165, 1.54) is 5.56 Å². The summed E-state index contributed by atoms with van der Waals surface area (Å²) in [5, 5.41) is 10.2. The Balaban J connectivity index is 1.57. The first-order valence-corrected chi connectivity index (χ1v) is 10.5. The van der Waals surface area contributed by atoms with E-state index in [2.05, 4.69) is 48.8 Å². The van der Waals surface area contributed by atoms with Gasteiger partial charge in [-0.3, -0.25) is 0 Å². The Kier molecular flexibility index (Phi) is 6.32. The summed E-state index contributed by atoms with van der Waals surface area (Å²) in [5.74, 6) is 11.9. The van der Waals surface area contributed by atoms with Crippen molar-refractivity contribution in [3.63, 3.8) is 0 Å². The summed E-state index contributed by atoms with van der Waals surface area (Å²) in [6.45, 7) is 2.17. The van der Waals surface area contributed by atoms with E-state index in [-0.39, 0.29) is 5.82 Å². The SMILES string of the molecule is CCCc1ccc(C#Cc2ccc3c(F)c(C#Cc4ccc(C#N)cc4)ccc3c2)cc1. The highest BCUT2D eigenvalue weighted by Crippen LogP contribution is 2.22. The van der Waals surface area contributed by atoms with Crippen molar-refractivity contribution in [3.05, 3.63) is 118 Å². The molecular formula is C30H20FN. The van der Waals surface area contributed by atoms with Gasteiger partial charge in [-0.05, 0) is 72.0 Å². The van der Waals surface area contributed by atoms with Crippen molar-refractivity contribution in [1.82, 2.24) is 0 Å². The molecule has 0 aliphatic heterocycles. The first-order valence-electron chi connectivity index (χ1n) is 10.5. The van der Waals surface area contributed by atoms with Gasteiger partial charge in [-0.25, -0.2) is 4.39 Å². The van der Waals surface area contributed by atoms with Crippen molar-refractivity contribution in [2.24, 2.45) is 0 Å². The Hall–Kier alpha value is -4.32. The average molecular weight is 413 g/mol. The van der Waals surface area contributed by atoms with Crippen molar-refractivity contribution in [2.45, 2.75) is 19.8 Å². The quantitative estimate of drug-likeness (QED) is 0.340. The van der Waals surface area contributed by atoms with Gasteiger partial charge in [-0.2, -0.15) is 5.26 Å². The Morgan fingerprint density at radius 1 is 0.688 bits per heavy atom. The van der Waals surface area contributed by atoms with Crippen LogP contribution in [0.5, 0.6) is 0 Å². The summed E-state index contributed by atoms with van der Waals surface area (Å²) < 4.78 is 15.0. The molecule has 4 aromatic carbocycles. The van der Waals surface area contributed by atoms with E-state index in [0.717, 1.165) is 34.9 Å². The number of fused-ring (bicyclic) bond motifs is 1. The summed E-state index contributed by atoms with van der Waals surface area (Å²) in [4.78, 5) is 0. The zero-order valence-corrected chi connectivity index (χ0v) is 17.7. The molecule has 0 fully saturated rings. The number of halogens is 1. The molecule has 0 radical (unpaired) electrons. The van der Waals surface area contributed by atoms with Crippen LogP contribution in [-0.2, 0) is 6.42 Å². The normalized spacial score (nSPS) is 9.91. The number of aryl methyl sites for hydroxylation is 1. The van der Waals surface area contributed by atoms with Crippen LogP contribution >= 0.6 is 0 Å². The van der Waals surface area contributed by atoms with Crippen molar-refractivity contribution in [2.75, 3.05) is 0 Å². The van der Waals surface area contributed by atoms with Gasteiger partial charge in [-0.15, -0.1) is 0 Å². The van der Waals surface area contributed by atoms with Gasteiger partial charge in [-0.1, -0.05) is 61.3 Å². The second-order valence-electron chi connectivity index (χ2n) is 7.50. The minimum absolute atomic E-state index is 0.338. The Morgan fingerprint density at radius 3 is 1.97 bits per heavy atom. The molecule has 0 amide bonds. The fourth-order valence-electron chi connectivity index (χ4n) is 3.42. The van der Waals surface area contributed by atoms with Gasteiger partial charge in [0.05, 0.1) is 17.2 Å². The van der Waals surface area contributed by atoms with E-state index < -0.39 is 0 Å². The zero-order chi connectivity index (χ0) is 22.3. The number of nitrogens with zero attached hydrogens (tertiary/aromatic N) is 1. The van der Waals surface area contributed by atoms with Crippen LogP contribution in [0.25, 0.3) is 10.8 Å². The van der Waals surface area contributed by atoms with Crippen molar-refractivity contribution < 1.29 is 4.39 Å². The molecule has 32 heavy (non-hydrogen) atoms. The molecular weight excluding hydrogens is 393 g/mol. The molecule has 0 N–H and O–H groups in total. The minimum Gasteiger partial charge on any atom is -0.205 e. The highest BCUT2D eigenvalue weighted by molar-refractivity contribution is 5.86. The molecule has 0 aromatic heterocycles. The smallest absolute Gasteiger partial charge is 0.146 e. The van der Waals surface area contributed by atoms with Crippen LogP contribution < -0.4 is 0 Å². The summed E-state index contributed by atoms with van der Waals surface area (Å²) in [6.07, 6.45) is 2.20. The molecule has 1 nitrogen and oxygen atoms in total. The van der Waals surface area contributed by atoms with Crippen LogP contribution in [0.3, 0.4) is 0 Å². The first-order chi connectivity index (χ1) is 15.7. The van der Waals surface area contributed by atoms with E-state index in [1.807, 2.05) is 30.3 Å². The summed E-state index contributed by atoms with van der Waals surface area (Å²) in [6, 6.07) is 26.3. The van der Waals surface area contributed by atoms with Gasteiger partial charge in [0.1, 0.15) is 5.82 Å². The summed E-state index contributed by atoms with van der Waals surface area (Å²) >= 11 is 0. The third kappa shape index (κ3) is 4.87. The van der Waals surface area contributed by atoms with Crippen LogP contribution in [0.2, 0.25) is 0 Å². The second kappa shape index (κ2) is 9.66. The lowest BCUT2D eigenvalue weighted by Gasteiger charge is -2.03. The van der Waals surface area contributed by atoms with Gasteiger partial charge in [0.2, 0.25) is 0 Å². The van der Waals surface area contributed by atoms with E-state index in [9.17, 15) is 4.39 Å². The standard InChI is InChI=1S/C30H20FN/c1-2-3-22-4-6-23(7-5-22)8-11-25-15-19-29-28(20-25)18-17-27(30(29)31)16-14-24-9-12-26(21-32)13-10-24/h4-7,9-10,12-13,15,17-20H,2-3H2,1H3. The van der Waals surface area contributed by atoms with Gasteiger partial charge in [0.15, 0.2) is 0 Å². The van der Waals surface area contributed by atoms with Gasteiger partial charge < -0.3 is 0 Å². The Morgan fingerprint density at radius 2 is 1.28 bits per heavy atom. The fraction of sp³-hybridized carbons (Fsp3) is 0.100. The number of nitriles is 1. The summed E-state index contributed by atoms with van der Waals surface area (Å²) in [5.41, 5.74) is 4.76. The maximum absolute atomic E-state index is 15.0. The van der Waals surface area contributed by atoms with Crippen LogP contribution in [-0.4, -0.2) is 0 Å².